The predicted molar refractivity (Wildman–Crippen MR) is 152 cm³/mol. The highest BCUT2D eigenvalue weighted by Gasteiger charge is 2.38. The number of aliphatic hydroxyl groups is 1. The Morgan fingerprint density at radius 2 is 1.83 bits per heavy atom. The summed E-state index contributed by atoms with van der Waals surface area (Å²) in [5, 5.41) is 31.8. The Morgan fingerprint density at radius 1 is 1.00 bits per heavy atom. The van der Waals surface area contributed by atoms with Crippen LogP contribution in [-0.2, 0) is 30.7 Å². The minimum atomic E-state index is -0.821. The van der Waals surface area contributed by atoms with Gasteiger partial charge in [-0.15, -0.1) is 0 Å². The van der Waals surface area contributed by atoms with Gasteiger partial charge in [0.2, 0.25) is 0 Å². The van der Waals surface area contributed by atoms with Crippen LogP contribution in [0.15, 0.2) is 54.9 Å². The van der Waals surface area contributed by atoms with Crippen LogP contribution in [-0.4, -0.2) is 52.3 Å². The summed E-state index contributed by atoms with van der Waals surface area (Å²) in [5.41, 5.74) is 5.80. The average Bonchev–Trinajstić information content (AvgIpc) is 3.42. The number of nitrogens with zero attached hydrogens (tertiary/aromatic N) is 2. The summed E-state index contributed by atoms with van der Waals surface area (Å²) in [7, 11) is 4.79. The maximum Gasteiger partial charge on any atom is 0.160 e. The van der Waals surface area contributed by atoms with Crippen molar-refractivity contribution in [3.63, 3.8) is 0 Å². The van der Waals surface area contributed by atoms with Crippen LogP contribution in [0.1, 0.15) is 46.5 Å². The average molecular weight is 559 g/mol. The number of fused-ring (bicyclic) bond motifs is 5. The van der Waals surface area contributed by atoms with E-state index in [0.717, 1.165) is 53.0 Å². The molecule has 3 atom stereocenters. The van der Waals surface area contributed by atoms with Crippen molar-refractivity contribution in [3.8, 4) is 39.9 Å². The zero-order chi connectivity index (χ0) is 28.7. The third kappa shape index (κ3) is 4.85. The lowest BCUT2D eigenvalue weighted by Crippen LogP contribution is -2.32. The summed E-state index contributed by atoms with van der Waals surface area (Å²) in [6, 6.07) is 12.3. The molecule has 0 saturated heterocycles. The molecule has 1 aromatic heterocycles. The van der Waals surface area contributed by atoms with E-state index >= 15 is 0 Å². The Kier molecular flexibility index (Phi) is 7.23. The second-order valence-electron chi connectivity index (χ2n) is 10.6. The van der Waals surface area contributed by atoms with E-state index in [2.05, 4.69) is 9.55 Å². The summed E-state index contributed by atoms with van der Waals surface area (Å²) >= 11 is 0. The summed E-state index contributed by atoms with van der Waals surface area (Å²) in [6.45, 7) is 1.15. The number of ether oxygens (including phenoxy) is 4. The molecule has 3 aromatic carbocycles. The minimum absolute atomic E-state index is 0.0248. The number of aryl methyl sites for hydroxylation is 1. The van der Waals surface area contributed by atoms with Gasteiger partial charge in [-0.05, 0) is 65.3 Å². The molecule has 0 bridgehead atoms. The molecule has 214 valence electrons. The maximum absolute atomic E-state index is 11.4. The first-order valence-corrected chi connectivity index (χ1v) is 13.7. The SMILES string of the molecule is COCc1nccn1CCC1Cc2cc(O)ccc2-c2c(OC)cc3c(c21)CC(O)C(c1ccc(O)c(OC)c1)O3. The van der Waals surface area contributed by atoms with Gasteiger partial charge < -0.3 is 38.8 Å². The lowest BCUT2D eigenvalue weighted by molar-refractivity contribution is 0.0201. The van der Waals surface area contributed by atoms with Crippen LogP contribution < -0.4 is 14.2 Å². The standard InChI is InChI=1S/C32H34N2O7/c1-38-17-29-33-9-11-34(29)10-8-18-12-20-13-21(35)5-6-22(20)31-28(40-3)16-26-23(30(18)31)15-25(37)32(41-26)19-4-7-24(36)27(14-19)39-2/h4-7,9,11,13-14,16,18,25,32,35-37H,8,10,12,15,17H2,1-3H3. The Bertz CT molecular complexity index is 1580. The maximum atomic E-state index is 11.4. The molecule has 9 nitrogen and oxygen atoms in total. The summed E-state index contributed by atoms with van der Waals surface area (Å²) in [5.74, 6) is 2.85. The molecule has 6 rings (SSSR count). The number of hydrogen-bond acceptors (Lipinski definition) is 8. The fraction of sp³-hybridized carbons (Fsp3) is 0.344. The number of imidazole rings is 1. The normalized spacial score (nSPS) is 19.1. The highest BCUT2D eigenvalue weighted by Crippen LogP contribution is 2.53. The Labute approximate surface area is 238 Å². The van der Waals surface area contributed by atoms with E-state index < -0.39 is 12.2 Å². The molecule has 3 unspecified atom stereocenters. The molecule has 9 heteroatoms. The van der Waals surface area contributed by atoms with Gasteiger partial charge in [-0.3, -0.25) is 0 Å². The summed E-state index contributed by atoms with van der Waals surface area (Å²) in [4.78, 5) is 4.43. The van der Waals surface area contributed by atoms with Crippen molar-refractivity contribution in [3.05, 3.63) is 82.9 Å². The quantitative estimate of drug-likeness (QED) is 0.280. The van der Waals surface area contributed by atoms with E-state index in [1.165, 1.54) is 7.11 Å². The Hall–Kier alpha value is -4.21. The molecule has 2 aliphatic rings. The van der Waals surface area contributed by atoms with Crippen molar-refractivity contribution in [2.45, 2.75) is 50.5 Å². The lowest BCUT2D eigenvalue weighted by Gasteiger charge is -2.37. The smallest absolute Gasteiger partial charge is 0.160 e. The number of methoxy groups -OCH3 is 3. The van der Waals surface area contributed by atoms with E-state index in [1.54, 1.807) is 44.7 Å². The van der Waals surface area contributed by atoms with Crippen LogP contribution in [0.3, 0.4) is 0 Å². The van der Waals surface area contributed by atoms with Crippen molar-refractivity contribution in [1.82, 2.24) is 9.55 Å². The second kappa shape index (κ2) is 11.0. The molecule has 4 aromatic rings. The minimum Gasteiger partial charge on any atom is -0.508 e. The highest BCUT2D eigenvalue weighted by molar-refractivity contribution is 5.83. The molecule has 1 aliphatic heterocycles. The fourth-order valence-electron chi connectivity index (χ4n) is 6.31. The molecule has 0 fully saturated rings. The zero-order valence-corrected chi connectivity index (χ0v) is 23.3. The molecule has 0 amide bonds. The van der Waals surface area contributed by atoms with E-state index in [-0.39, 0.29) is 17.4 Å². The number of rotatable bonds is 8. The number of phenols is 2. The Morgan fingerprint density at radius 3 is 2.61 bits per heavy atom. The van der Waals surface area contributed by atoms with Gasteiger partial charge >= 0.3 is 0 Å². The van der Waals surface area contributed by atoms with Gasteiger partial charge in [-0.2, -0.15) is 0 Å². The monoisotopic (exact) mass is 558 g/mol. The molecule has 0 saturated carbocycles. The number of aromatic hydroxyl groups is 2. The van der Waals surface area contributed by atoms with E-state index in [1.807, 2.05) is 24.4 Å². The molecule has 3 N–H and O–H groups in total. The molecule has 1 aliphatic carbocycles. The van der Waals surface area contributed by atoms with E-state index in [0.29, 0.717) is 35.8 Å². The third-order valence-corrected chi connectivity index (χ3v) is 8.20. The van der Waals surface area contributed by atoms with Crippen LogP contribution in [0.5, 0.6) is 28.7 Å². The third-order valence-electron chi connectivity index (χ3n) is 8.20. The lowest BCUT2D eigenvalue weighted by atomic mass is 9.73. The van der Waals surface area contributed by atoms with Crippen molar-refractivity contribution in [2.24, 2.45) is 0 Å². The second-order valence-corrected chi connectivity index (χ2v) is 10.6. The molecular formula is C32H34N2O7. The number of aromatic nitrogens is 2. The van der Waals surface area contributed by atoms with Crippen LogP contribution in [0.4, 0.5) is 0 Å². The zero-order valence-electron chi connectivity index (χ0n) is 23.3. The first-order chi connectivity index (χ1) is 19.9. The molecule has 2 heterocycles. The highest BCUT2D eigenvalue weighted by atomic mass is 16.5. The van der Waals surface area contributed by atoms with Gasteiger partial charge in [0.25, 0.3) is 0 Å². The van der Waals surface area contributed by atoms with Gasteiger partial charge in [-0.25, -0.2) is 4.98 Å². The van der Waals surface area contributed by atoms with Gasteiger partial charge in [0.1, 0.15) is 35.8 Å². The van der Waals surface area contributed by atoms with Crippen LogP contribution >= 0.6 is 0 Å². The first kappa shape index (κ1) is 27.0. The van der Waals surface area contributed by atoms with Gasteiger partial charge in [0.15, 0.2) is 11.5 Å². The topological polar surface area (TPSA) is 115 Å². The van der Waals surface area contributed by atoms with E-state index in [4.69, 9.17) is 18.9 Å². The van der Waals surface area contributed by atoms with Gasteiger partial charge in [0.05, 0.1) is 20.3 Å². The molecule has 0 radical (unpaired) electrons. The van der Waals surface area contributed by atoms with Crippen molar-refractivity contribution in [1.29, 1.82) is 0 Å². The van der Waals surface area contributed by atoms with Crippen molar-refractivity contribution < 1.29 is 34.3 Å². The van der Waals surface area contributed by atoms with Crippen LogP contribution in [0.2, 0.25) is 0 Å². The molecular weight excluding hydrogens is 524 g/mol. The van der Waals surface area contributed by atoms with Crippen molar-refractivity contribution in [2.75, 3.05) is 21.3 Å². The first-order valence-electron chi connectivity index (χ1n) is 13.7. The van der Waals surface area contributed by atoms with Gasteiger partial charge in [0, 0.05) is 49.7 Å². The number of aliphatic hydroxyl groups excluding tert-OH is 1. The molecule has 0 spiro atoms. The number of hydrogen-bond donors (Lipinski definition) is 3. The van der Waals surface area contributed by atoms with Crippen LogP contribution in [0.25, 0.3) is 11.1 Å². The molecule has 41 heavy (non-hydrogen) atoms. The largest absolute Gasteiger partial charge is 0.508 e. The Balaban J connectivity index is 1.44. The van der Waals surface area contributed by atoms with Crippen LogP contribution in [0, 0.1) is 0 Å². The number of phenolic OH excluding ortho intramolecular Hbond substituents is 2. The fourth-order valence-corrected chi connectivity index (χ4v) is 6.31. The summed E-state index contributed by atoms with van der Waals surface area (Å²) in [6.07, 6.45) is 4.18. The van der Waals surface area contributed by atoms with E-state index in [9.17, 15) is 15.3 Å². The predicted octanol–water partition coefficient (Wildman–Crippen LogP) is 4.89. The summed E-state index contributed by atoms with van der Waals surface area (Å²) < 4.78 is 25.2. The van der Waals surface area contributed by atoms with Gasteiger partial charge in [-0.1, -0.05) is 12.1 Å². The van der Waals surface area contributed by atoms with Crippen molar-refractivity contribution >= 4 is 0 Å². The number of benzene rings is 3.